The van der Waals surface area contributed by atoms with Gasteiger partial charge in [0.15, 0.2) is 11.0 Å². The zero-order chi connectivity index (χ0) is 13.5. The van der Waals surface area contributed by atoms with E-state index >= 15 is 0 Å². The van der Waals surface area contributed by atoms with Gasteiger partial charge in [0.2, 0.25) is 0 Å². The van der Waals surface area contributed by atoms with Crippen LogP contribution in [0.3, 0.4) is 0 Å². The van der Waals surface area contributed by atoms with Gasteiger partial charge in [-0.3, -0.25) is 0 Å². The summed E-state index contributed by atoms with van der Waals surface area (Å²) in [6.07, 6.45) is 1.04. The maximum Gasteiger partial charge on any atom is 0.160 e. The van der Waals surface area contributed by atoms with Crippen LogP contribution < -0.4 is 10.6 Å². The Morgan fingerprint density at radius 2 is 1.80 bits per heavy atom. The number of nitrogens with two attached hydrogens (primary N) is 1. The summed E-state index contributed by atoms with van der Waals surface area (Å²) < 4.78 is 4.84. The Bertz CT molecular complexity index is 780. The molecule has 0 amide bonds. The first-order valence-corrected chi connectivity index (χ1v) is 6.65. The van der Waals surface area contributed by atoms with Crippen molar-refractivity contribution < 1.29 is 4.63 Å². The Kier molecular flexibility index (Phi) is 2.39. The topological polar surface area (TPSA) is 68.2 Å². The molecular formula is C15H14N4O. The Morgan fingerprint density at radius 3 is 2.70 bits per heavy atom. The van der Waals surface area contributed by atoms with Crippen molar-refractivity contribution in [3.8, 4) is 0 Å². The van der Waals surface area contributed by atoms with Gasteiger partial charge in [0, 0.05) is 13.1 Å². The van der Waals surface area contributed by atoms with Crippen LogP contribution in [0.5, 0.6) is 0 Å². The van der Waals surface area contributed by atoms with Crippen molar-refractivity contribution in [1.29, 1.82) is 0 Å². The van der Waals surface area contributed by atoms with Crippen molar-refractivity contribution in [2.75, 3.05) is 17.2 Å². The lowest BCUT2D eigenvalue weighted by Crippen LogP contribution is -2.30. The first-order chi connectivity index (χ1) is 9.83. The standard InChI is InChI=1S/C15H14N4O/c16-12-5-6-13(15-14(12)17-20-18-15)19-8-7-10-3-1-2-4-11(10)9-19/h1-6H,7-9,16H2. The van der Waals surface area contributed by atoms with E-state index in [4.69, 9.17) is 10.4 Å². The second kappa shape index (κ2) is 4.23. The van der Waals surface area contributed by atoms with Gasteiger partial charge >= 0.3 is 0 Å². The van der Waals surface area contributed by atoms with Crippen LogP contribution in [0.1, 0.15) is 11.1 Å². The molecule has 2 aromatic carbocycles. The van der Waals surface area contributed by atoms with Crippen LogP contribution in [-0.4, -0.2) is 16.9 Å². The van der Waals surface area contributed by atoms with Gasteiger partial charge in [-0.2, -0.15) is 0 Å². The minimum Gasteiger partial charge on any atom is -0.397 e. The van der Waals surface area contributed by atoms with Crippen molar-refractivity contribution in [2.24, 2.45) is 0 Å². The predicted molar refractivity (Wildman–Crippen MR) is 77.4 cm³/mol. The molecule has 100 valence electrons. The third-order valence-corrected chi connectivity index (χ3v) is 3.90. The Balaban J connectivity index is 1.78. The summed E-state index contributed by atoms with van der Waals surface area (Å²) in [7, 11) is 0. The van der Waals surface area contributed by atoms with E-state index in [1.165, 1.54) is 11.1 Å². The number of benzene rings is 2. The van der Waals surface area contributed by atoms with Crippen molar-refractivity contribution >= 4 is 22.4 Å². The molecule has 1 aliphatic heterocycles. The van der Waals surface area contributed by atoms with Crippen LogP contribution >= 0.6 is 0 Å². The highest BCUT2D eigenvalue weighted by Gasteiger charge is 2.20. The highest BCUT2D eigenvalue weighted by Crippen LogP contribution is 2.31. The lowest BCUT2D eigenvalue weighted by Gasteiger charge is -2.30. The van der Waals surface area contributed by atoms with E-state index in [0.29, 0.717) is 11.2 Å². The SMILES string of the molecule is Nc1ccc(N2CCc3ccccc3C2)c2nonc12. The fourth-order valence-corrected chi connectivity index (χ4v) is 2.83. The van der Waals surface area contributed by atoms with Gasteiger partial charge in [-0.1, -0.05) is 24.3 Å². The fourth-order valence-electron chi connectivity index (χ4n) is 2.83. The van der Waals surface area contributed by atoms with Crippen LogP contribution in [-0.2, 0) is 13.0 Å². The summed E-state index contributed by atoms with van der Waals surface area (Å²) in [5.41, 5.74) is 11.7. The number of nitrogen functional groups attached to an aromatic ring is 1. The molecule has 2 heterocycles. The predicted octanol–water partition coefficient (Wildman–Crippen LogP) is 2.37. The number of fused-ring (bicyclic) bond motifs is 2. The molecule has 0 atom stereocenters. The van der Waals surface area contributed by atoms with E-state index in [2.05, 4.69) is 39.5 Å². The first kappa shape index (κ1) is 11.3. The average molecular weight is 266 g/mol. The van der Waals surface area contributed by atoms with Gasteiger partial charge in [0.05, 0.1) is 11.4 Å². The van der Waals surface area contributed by atoms with Crippen LogP contribution in [0.15, 0.2) is 41.0 Å². The minimum atomic E-state index is 0.599. The molecule has 0 radical (unpaired) electrons. The van der Waals surface area contributed by atoms with E-state index < -0.39 is 0 Å². The Labute approximate surface area is 115 Å². The second-order valence-corrected chi connectivity index (χ2v) is 5.08. The smallest absolute Gasteiger partial charge is 0.160 e. The summed E-state index contributed by atoms with van der Waals surface area (Å²) in [6.45, 7) is 1.84. The molecule has 0 saturated carbocycles. The minimum absolute atomic E-state index is 0.599. The molecule has 0 spiro atoms. The summed E-state index contributed by atoms with van der Waals surface area (Å²) in [5.74, 6) is 0. The van der Waals surface area contributed by atoms with Crippen molar-refractivity contribution in [1.82, 2.24) is 10.3 Å². The zero-order valence-electron chi connectivity index (χ0n) is 10.9. The van der Waals surface area contributed by atoms with Gasteiger partial charge in [0.1, 0.15) is 0 Å². The van der Waals surface area contributed by atoms with E-state index in [1.54, 1.807) is 0 Å². The number of nitrogens with zero attached hydrogens (tertiary/aromatic N) is 3. The number of aromatic nitrogens is 2. The molecule has 0 bridgehead atoms. The number of anilines is 2. The number of hydrogen-bond acceptors (Lipinski definition) is 5. The van der Waals surface area contributed by atoms with Gasteiger partial charge in [-0.25, -0.2) is 4.63 Å². The van der Waals surface area contributed by atoms with E-state index in [9.17, 15) is 0 Å². The molecule has 4 rings (SSSR count). The summed E-state index contributed by atoms with van der Waals surface area (Å²) >= 11 is 0. The maximum atomic E-state index is 5.89. The van der Waals surface area contributed by atoms with Crippen molar-refractivity contribution in [2.45, 2.75) is 13.0 Å². The molecule has 0 unspecified atom stereocenters. The van der Waals surface area contributed by atoms with Crippen molar-refractivity contribution in [3.05, 3.63) is 47.5 Å². The van der Waals surface area contributed by atoms with Crippen LogP contribution in [0, 0.1) is 0 Å². The highest BCUT2D eigenvalue weighted by atomic mass is 16.6. The highest BCUT2D eigenvalue weighted by molar-refractivity contribution is 5.95. The van der Waals surface area contributed by atoms with E-state index in [0.717, 1.165) is 30.7 Å². The van der Waals surface area contributed by atoms with Crippen LogP contribution in [0.25, 0.3) is 11.0 Å². The third kappa shape index (κ3) is 1.63. The Hall–Kier alpha value is -2.56. The zero-order valence-corrected chi connectivity index (χ0v) is 10.9. The van der Waals surface area contributed by atoms with E-state index in [1.807, 2.05) is 12.1 Å². The second-order valence-electron chi connectivity index (χ2n) is 5.08. The van der Waals surface area contributed by atoms with Crippen LogP contribution in [0.4, 0.5) is 11.4 Å². The normalized spacial score (nSPS) is 14.5. The fraction of sp³-hybridized carbons (Fsp3) is 0.200. The monoisotopic (exact) mass is 266 g/mol. The molecule has 20 heavy (non-hydrogen) atoms. The number of rotatable bonds is 1. The molecule has 2 N–H and O–H groups in total. The Morgan fingerprint density at radius 1 is 1.00 bits per heavy atom. The largest absolute Gasteiger partial charge is 0.397 e. The van der Waals surface area contributed by atoms with Gasteiger partial charge in [-0.15, -0.1) is 0 Å². The lowest BCUT2D eigenvalue weighted by atomic mass is 9.99. The van der Waals surface area contributed by atoms with Crippen molar-refractivity contribution in [3.63, 3.8) is 0 Å². The molecule has 0 aliphatic carbocycles. The molecule has 5 nitrogen and oxygen atoms in total. The summed E-state index contributed by atoms with van der Waals surface area (Å²) in [6, 6.07) is 12.4. The number of hydrogen-bond donors (Lipinski definition) is 1. The molecule has 3 aromatic rings. The summed E-state index contributed by atoms with van der Waals surface area (Å²) in [4.78, 5) is 2.30. The molecule has 0 saturated heterocycles. The maximum absolute atomic E-state index is 5.89. The molecule has 0 fully saturated rings. The third-order valence-electron chi connectivity index (χ3n) is 3.90. The van der Waals surface area contributed by atoms with E-state index in [-0.39, 0.29) is 0 Å². The van der Waals surface area contributed by atoms with Crippen LogP contribution in [0.2, 0.25) is 0 Å². The molecule has 1 aliphatic rings. The molecular weight excluding hydrogens is 252 g/mol. The first-order valence-electron chi connectivity index (χ1n) is 6.65. The van der Waals surface area contributed by atoms with Gasteiger partial charge < -0.3 is 10.6 Å². The van der Waals surface area contributed by atoms with Gasteiger partial charge in [-0.05, 0) is 40.0 Å². The van der Waals surface area contributed by atoms with Gasteiger partial charge in [0.25, 0.3) is 0 Å². The molecule has 5 heteroatoms. The quantitative estimate of drug-likeness (QED) is 0.685. The molecule has 1 aromatic heterocycles. The average Bonchev–Trinajstić information content (AvgIpc) is 2.98. The lowest BCUT2D eigenvalue weighted by molar-refractivity contribution is 0.315. The summed E-state index contributed by atoms with van der Waals surface area (Å²) in [5, 5.41) is 7.88.